The van der Waals surface area contributed by atoms with Crippen LogP contribution < -0.4 is 5.32 Å². The number of para-hydroxylation sites is 1. The van der Waals surface area contributed by atoms with Crippen molar-refractivity contribution in [3.63, 3.8) is 0 Å². The van der Waals surface area contributed by atoms with E-state index in [9.17, 15) is 4.79 Å². The Bertz CT molecular complexity index is 394. The van der Waals surface area contributed by atoms with Crippen molar-refractivity contribution in [1.82, 2.24) is 4.90 Å². The molecule has 1 aliphatic rings. The molecule has 4 nitrogen and oxygen atoms in total. The maximum atomic E-state index is 11.9. The summed E-state index contributed by atoms with van der Waals surface area (Å²) in [5.74, 6) is 0.0298. The SMILES string of the molecule is CC1CN(CC(=O)Nc2ccccc2)C(C)CO1. The van der Waals surface area contributed by atoms with Crippen molar-refractivity contribution >= 4 is 11.6 Å². The van der Waals surface area contributed by atoms with Crippen LogP contribution in [0.5, 0.6) is 0 Å². The molecule has 2 atom stereocenters. The van der Waals surface area contributed by atoms with E-state index in [2.05, 4.69) is 17.1 Å². The Morgan fingerprint density at radius 1 is 1.39 bits per heavy atom. The highest BCUT2D eigenvalue weighted by Gasteiger charge is 2.24. The number of nitrogens with zero attached hydrogens (tertiary/aromatic N) is 1. The molecular weight excluding hydrogens is 228 g/mol. The van der Waals surface area contributed by atoms with Gasteiger partial charge in [-0.3, -0.25) is 9.69 Å². The number of hydrogen-bond acceptors (Lipinski definition) is 3. The average molecular weight is 248 g/mol. The normalized spacial score (nSPS) is 24.8. The van der Waals surface area contributed by atoms with Gasteiger partial charge in [-0.25, -0.2) is 0 Å². The van der Waals surface area contributed by atoms with Crippen molar-refractivity contribution in [2.75, 3.05) is 25.0 Å². The molecule has 1 heterocycles. The standard InChI is InChI=1S/C14H20N2O2/c1-11-10-18-12(2)8-16(11)9-14(17)15-13-6-4-3-5-7-13/h3-7,11-12H,8-10H2,1-2H3,(H,15,17). The van der Waals surface area contributed by atoms with Crippen LogP contribution in [0.25, 0.3) is 0 Å². The summed E-state index contributed by atoms with van der Waals surface area (Å²) in [5, 5.41) is 2.90. The number of ether oxygens (including phenoxy) is 1. The number of nitrogens with one attached hydrogen (secondary N) is 1. The Hall–Kier alpha value is -1.39. The van der Waals surface area contributed by atoms with Gasteiger partial charge in [0.1, 0.15) is 0 Å². The zero-order chi connectivity index (χ0) is 13.0. The van der Waals surface area contributed by atoms with E-state index in [4.69, 9.17) is 4.74 Å². The van der Waals surface area contributed by atoms with Gasteiger partial charge in [0.05, 0.1) is 19.3 Å². The smallest absolute Gasteiger partial charge is 0.238 e. The van der Waals surface area contributed by atoms with E-state index in [1.54, 1.807) is 0 Å². The van der Waals surface area contributed by atoms with Crippen LogP contribution >= 0.6 is 0 Å². The van der Waals surface area contributed by atoms with Crippen LogP contribution in [0.1, 0.15) is 13.8 Å². The summed E-state index contributed by atoms with van der Waals surface area (Å²) < 4.78 is 5.55. The molecule has 1 N–H and O–H groups in total. The summed E-state index contributed by atoms with van der Waals surface area (Å²) >= 11 is 0. The van der Waals surface area contributed by atoms with Crippen LogP contribution in [-0.2, 0) is 9.53 Å². The zero-order valence-corrected chi connectivity index (χ0v) is 10.9. The average Bonchev–Trinajstić information content (AvgIpc) is 2.35. The lowest BCUT2D eigenvalue weighted by atomic mass is 10.2. The van der Waals surface area contributed by atoms with E-state index in [0.29, 0.717) is 19.2 Å². The molecule has 0 aromatic heterocycles. The monoisotopic (exact) mass is 248 g/mol. The van der Waals surface area contributed by atoms with Crippen LogP contribution in [0, 0.1) is 0 Å². The minimum Gasteiger partial charge on any atom is -0.376 e. The molecule has 4 heteroatoms. The van der Waals surface area contributed by atoms with Gasteiger partial charge in [0.25, 0.3) is 0 Å². The quantitative estimate of drug-likeness (QED) is 0.886. The number of benzene rings is 1. The van der Waals surface area contributed by atoms with Gasteiger partial charge in [-0.05, 0) is 26.0 Å². The van der Waals surface area contributed by atoms with E-state index in [-0.39, 0.29) is 12.0 Å². The van der Waals surface area contributed by atoms with Crippen molar-refractivity contribution < 1.29 is 9.53 Å². The summed E-state index contributed by atoms with van der Waals surface area (Å²) in [6.07, 6.45) is 0.200. The van der Waals surface area contributed by atoms with E-state index in [1.165, 1.54) is 0 Å². The minimum atomic E-state index is 0.0298. The van der Waals surface area contributed by atoms with Crippen LogP contribution in [0.4, 0.5) is 5.69 Å². The largest absolute Gasteiger partial charge is 0.376 e. The van der Waals surface area contributed by atoms with Crippen molar-refractivity contribution in [3.8, 4) is 0 Å². The van der Waals surface area contributed by atoms with Gasteiger partial charge in [0, 0.05) is 18.3 Å². The van der Waals surface area contributed by atoms with Gasteiger partial charge < -0.3 is 10.1 Å². The highest BCUT2D eigenvalue weighted by Crippen LogP contribution is 2.11. The van der Waals surface area contributed by atoms with Gasteiger partial charge >= 0.3 is 0 Å². The number of rotatable bonds is 3. The topological polar surface area (TPSA) is 41.6 Å². The number of hydrogen-bond donors (Lipinski definition) is 1. The highest BCUT2D eigenvalue weighted by molar-refractivity contribution is 5.92. The van der Waals surface area contributed by atoms with Crippen LogP contribution in [-0.4, -0.2) is 42.6 Å². The van der Waals surface area contributed by atoms with Crippen LogP contribution in [0.2, 0.25) is 0 Å². The molecule has 1 amide bonds. The molecule has 0 spiro atoms. The zero-order valence-electron chi connectivity index (χ0n) is 10.9. The molecule has 0 bridgehead atoms. The van der Waals surface area contributed by atoms with Crippen molar-refractivity contribution in [3.05, 3.63) is 30.3 Å². The number of anilines is 1. The molecule has 1 fully saturated rings. The van der Waals surface area contributed by atoms with Gasteiger partial charge in [-0.1, -0.05) is 18.2 Å². The lowest BCUT2D eigenvalue weighted by Gasteiger charge is -2.36. The molecule has 98 valence electrons. The third kappa shape index (κ3) is 3.55. The Labute approximate surface area is 108 Å². The Morgan fingerprint density at radius 3 is 2.83 bits per heavy atom. The Kier molecular flexibility index (Phi) is 4.33. The summed E-state index contributed by atoms with van der Waals surface area (Å²) in [6, 6.07) is 9.83. The van der Waals surface area contributed by atoms with E-state index < -0.39 is 0 Å². The molecule has 18 heavy (non-hydrogen) atoms. The number of morpholine rings is 1. The molecule has 1 aromatic rings. The molecule has 2 unspecified atom stereocenters. The molecule has 2 rings (SSSR count). The number of carbonyl (C=O) groups excluding carboxylic acids is 1. The fourth-order valence-electron chi connectivity index (χ4n) is 2.10. The Balaban J connectivity index is 1.87. The third-order valence-corrected chi connectivity index (χ3v) is 3.14. The number of amides is 1. The Morgan fingerprint density at radius 2 is 2.11 bits per heavy atom. The van der Waals surface area contributed by atoms with E-state index in [1.807, 2.05) is 37.3 Å². The first-order chi connectivity index (χ1) is 8.65. The minimum absolute atomic E-state index is 0.0298. The molecule has 0 radical (unpaired) electrons. The van der Waals surface area contributed by atoms with Crippen LogP contribution in [0.15, 0.2) is 30.3 Å². The van der Waals surface area contributed by atoms with Gasteiger partial charge in [0.15, 0.2) is 0 Å². The predicted octanol–water partition coefficient (Wildman–Crippen LogP) is 1.73. The molecule has 1 saturated heterocycles. The third-order valence-electron chi connectivity index (χ3n) is 3.14. The summed E-state index contributed by atoms with van der Waals surface area (Å²) in [4.78, 5) is 14.1. The van der Waals surface area contributed by atoms with Crippen molar-refractivity contribution in [1.29, 1.82) is 0 Å². The fraction of sp³-hybridized carbons (Fsp3) is 0.500. The molecule has 0 saturated carbocycles. The second-order valence-corrected chi connectivity index (χ2v) is 4.84. The second kappa shape index (κ2) is 5.98. The summed E-state index contributed by atoms with van der Waals surface area (Å²) in [6.45, 7) is 6.04. The van der Waals surface area contributed by atoms with E-state index >= 15 is 0 Å². The first-order valence-electron chi connectivity index (χ1n) is 6.35. The lowest BCUT2D eigenvalue weighted by molar-refractivity contribution is -0.121. The summed E-state index contributed by atoms with van der Waals surface area (Å²) in [7, 11) is 0. The maximum Gasteiger partial charge on any atom is 0.238 e. The molecule has 0 aliphatic carbocycles. The lowest BCUT2D eigenvalue weighted by Crippen LogP contribution is -2.50. The predicted molar refractivity (Wildman–Crippen MR) is 71.5 cm³/mol. The molecule has 1 aromatic carbocycles. The van der Waals surface area contributed by atoms with Crippen LogP contribution in [0.3, 0.4) is 0 Å². The molecule has 1 aliphatic heterocycles. The highest BCUT2D eigenvalue weighted by atomic mass is 16.5. The maximum absolute atomic E-state index is 11.9. The van der Waals surface area contributed by atoms with Crippen molar-refractivity contribution in [2.45, 2.75) is 26.0 Å². The van der Waals surface area contributed by atoms with Gasteiger partial charge in [-0.2, -0.15) is 0 Å². The second-order valence-electron chi connectivity index (χ2n) is 4.84. The fourth-order valence-corrected chi connectivity index (χ4v) is 2.10. The molecular formula is C14H20N2O2. The van der Waals surface area contributed by atoms with Gasteiger partial charge in [-0.15, -0.1) is 0 Å². The first-order valence-corrected chi connectivity index (χ1v) is 6.35. The van der Waals surface area contributed by atoms with Crippen molar-refractivity contribution in [2.24, 2.45) is 0 Å². The number of carbonyl (C=O) groups is 1. The van der Waals surface area contributed by atoms with E-state index in [0.717, 1.165) is 12.2 Å². The van der Waals surface area contributed by atoms with Gasteiger partial charge in [0.2, 0.25) is 5.91 Å². The first kappa shape index (κ1) is 13.1. The summed E-state index contributed by atoms with van der Waals surface area (Å²) in [5.41, 5.74) is 0.844.